The molecule has 0 saturated heterocycles. The molecule has 0 radical (unpaired) electrons. The zero-order valence-corrected chi connectivity index (χ0v) is 12.3. The number of carbonyl (C=O) groups is 1. The third kappa shape index (κ3) is 5.38. The third-order valence-corrected chi connectivity index (χ3v) is 4.30. The lowest BCUT2D eigenvalue weighted by atomic mass is 10.2. The van der Waals surface area contributed by atoms with Gasteiger partial charge >= 0.3 is 5.97 Å². The van der Waals surface area contributed by atoms with E-state index in [4.69, 9.17) is 10.4 Å². The van der Waals surface area contributed by atoms with Crippen molar-refractivity contribution in [3.05, 3.63) is 35.9 Å². The monoisotopic (exact) mass is 308 g/mol. The number of carboxylic acids is 1. The van der Waals surface area contributed by atoms with Crippen LogP contribution in [0.4, 0.5) is 0 Å². The van der Waals surface area contributed by atoms with E-state index >= 15 is 0 Å². The van der Waals surface area contributed by atoms with Crippen LogP contribution in [0.3, 0.4) is 0 Å². The Bertz CT molecular complexity index is 657. The number of carboxylic acid groups (broad SMARTS) is 1. The second-order valence-corrected chi connectivity index (χ2v) is 6.04. The van der Waals surface area contributed by atoms with Crippen molar-refractivity contribution in [2.45, 2.75) is 30.7 Å². The highest BCUT2D eigenvalue weighted by atomic mass is 32.2. The molecule has 1 atom stereocenters. The van der Waals surface area contributed by atoms with Crippen LogP contribution in [0, 0.1) is 11.3 Å². The van der Waals surface area contributed by atoms with Gasteiger partial charge in [-0.25, -0.2) is 17.9 Å². The molecule has 2 N–H and O–H groups in total. The lowest BCUT2D eigenvalue weighted by Gasteiger charge is -2.14. The molecule has 7 heteroatoms. The molecule has 21 heavy (non-hydrogen) atoms. The largest absolute Gasteiger partial charge is 0.478 e. The molecule has 0 amide bonds. The highest BCUT2D eigenvalue weighted by Crippen LogP contribution is 2.13. The predicted molar refractivity (Wildman–Crippen MR) is 77.7 cm³/mol. The second-order valence-electron chi connectivity index (χ2n) is 4.33. The molecule has 6 nitrogen and oxygen atoms in total. The minimum Gasteiger partial charge on any atom is -0.478 e. The van der Waals surface area contributed by atoms with Crippen molar-refractivity contribution >= 4 is 22.1 Å². The van der Waals surface area contributed by atoms with E-state index in [2.05, 4.69) is 4.72 Å². The number of aliphatic carboxylic acids is 1. The first-order valence-corrected chi connectivity index (χ1v) is 7.77. The Morgan fingerprint density at radius 2 is 2.05 bits per heavy atom. The molecule has 0 aliphatic heterocycles. The zero-order chi connectivity index (χ0) is 15.9. The summed E-state index contributed by atoms with van der Waals surface area (Å²) in [5.41, 5.74) is 0.584. The Balaban J connectivity index is 2.90. The molecular weight excluding hydrogens is 292 g/mol. The molecule has 0 aliphatic carbocycles. The van der Waals surface area contributed by atoms with Gasteiger partial charge in [-0.1, -0.05) is 19.1 Å². The fourth-order valence-corrected chi connectivity index (χ4v) is 2.91. The smallest absolute Gasteiger partial charge is 0.328 e. The topological polar surface area (TPSA) is 107 Å². The van der Waals surface area contributed by atoms with Crippen molar-refractivity contribution in [1.29, 1.82) is 5.26 Å². The van der Waals surface area contributed by atoms with E-state index in [1.54, 1.807) is 6.92 Å². The average molecular weight is 308 g/mol. The summed E-state index contributed by atoms with van der Waals surface area (Å²) < 4.78 is 26.7. The molecule has 1 aromatic rings. The number of nitrogens with one attached hydrogen (secondary N) is 1. The molecule has 1 unspecified atom stereocenters. The molecule has 0 fully saturated rings. The van der Waals surface area contributed by atoms with Gasteiger partial charge < -0.3 is 5.11 Å². The van der Waals surface area contributed by atoms with Gasteiger partial charge in [-0.2, -0.15) is 5.26 Å². The number of hydrogen-bond donors (Lipinski definition) is 2. The van der Waals surface area contributed by atoms with Crippen LogP contribution in [-0.2, 0) is 14.8 Å². The molecule has 112 valence electrons. The van der Waals surface area contributed by atoms with E-state index in [-0.39, 0.29) is 11.3 Å². The molecule has 0 saturated carbocycles. The zero-order valence-electron chi connectivity index (χ0n) is 11.5. The Morgan fingerprint density at radius 1 is 1.43 bits per heavy atom. The Hall–Kier alpha value is -2.17. The summed E-state index contributed by atoms with van der Waals surface area (Å²) in [6, 6.07) is 7.32. The predicted octanol–water partition coefficient (Wildman–Crippen LogP) is 1.75. The van der Waals surface area contributed by atoms with Gasteiger partial charge in [0.2, 0.25) is 10.0 Å². The molecular formula is C14H16N2O4S. The average Bonchev–Trinajstić information content (AvgIpc) is 2.45. The number of rotatable bonds is 7. The number of benzene rings is 1. The highest BCUT2D eigenvalue weighted by Gasteiger charge is 2.18. The molecule has 0 bridgehead atoms. The van der Waals surface area contributed by atoms with Gasteiger partial charge in [-0.05, 0) is 30.2 Å². The molecule has 1 rings (SSSR count). The molecule has 0 aliphatic rings. The van der Waals surface area contributed by atoms with Crippen molar-refractivity contribution in [3.8, 4) is 6.07 Å². The van der Waals surface area contributed by atoms with Crippen molar-refractivity contribution in [2.24, 2.45) is 0 Å². The summed E-state index contributed by atoms with van der Waals surface area (Å²) in [4.78, 5) is 10.5. The van der Waals surface area contributed by atoms with Crippen LogP contribution >= 0.6 is 0 Å². The molecule has 0 spiro atoms. The van der Waals surface area contributed by atoms with E-state index < -0.39 is 22.0 Å². The first kappa shape index (κ1) is 16.9. The lowest BCUT2D eigenvalue weighted by molar-refractivity contribution is -0.131. The van der Waals surface area contributed by atoms with Crippen LogP contribution in [0.1, 0.15) is 25.3 Å². The van der Waals surface area contributed by atoms with E-state index in [1.165, 1.54) is 30.3 Å². The number of nitrogens with zero attached hydrogens (tertiary/aromatic N) is 1. The standard InChI is InChI=1S/C14H16N2O4S/c1-2-12(9-10-15)16-21(19,20)13-6-3-11(4-7-13)5-8-14(17)18/h3-8,12,16H,2,9H2,1H3,(H,17,18). The third-order valence-electron chi connectivity index (χ3n) is 2.76. The SMILES string of the molecule is CCC(CC#N)NS(=O)(=O)c1ccc(C=CC(=O)O)cc1. The van der Waals surface area contributed by atoms with Crippen LogP contribution in [-0.4, -0.2) is 25.5 Å². The summed E-state index contributed by atoms with van der Waals surface area (Å²) in [7, 11) is -3.68. The first-order chi connectivity index (χ1) is 9.89. The Labute approximate surface area is 123 Å². The quantitative estimate of drug-likeness (QED) is 0.746. The fourth-order valence-electron chi connectivity index (χ4n) is 1.59. The summed E-state index contributed by atoms with van der Waals surface area (Å²) in [6.07, 6.45) is 2.97. The maximum Gasteiger partial charge on any atom is 0.328 e. The van der Waals surface area contributed by atoms with Gasteiger partial charge in [0.1, 0.15) is 0 Å². The van der Waals surface area contributed by atoms with Crippen LogP contribution in [0.15, 0.2) is 35.2 Å². The van der Waals surface area contributed by atoms with Gasteiger partial charge in [0.15, 0.2) is 0 Å². The maximum absolute atomic E-state index is 12.1. The Kier molecular flexibility index (Phi) is 6.09. The summed E-state index contributed by atoms with van der Waals surface area (Å²) in [5, 5.41) is 17.2. The number of nitriles is 1. The molecule has 1 aromatic carbocycles. The summed E-state index contributed by atoms with van der Waals surface area (Å²) >= 11 is 0. The van der Waals surface area contributed by atoms with Crippen LogP contribution in [0.2, 0.25) is 0 Å². The van der Waals surface area contributed by atoms with Gasteiger partial charge in [0.05, 0.1) is 17.4 Å². The minimum absolute atomic E-state index is 0.0753. The van der Waals surface area contributed by atoms with Gasteiger partial charge in [-0.3, -0.25) is 0 Å². The van der Waals surface area contributed by atoms with Crippen LogP contribution < -0.4 is 4.72 Å². The van der Waals surface area contributed by atoms with E-state index in [9.17, 15) is 13.2 Å². The molecule has 0 heterocycles. The van der Waals surface area contributed by atoms with Crippen molar-refractivity contribution in [1.82, 2.24) is 4.72 Å². The normalized spacial score (nSPS) is 13.0. The number of sulfonamides is 1. The van der Waals surface area contributed by atoms with Crippen molar-refractivity contribution < 1.29 is 18.3 Å². The number of hydrogen-bond acceptors (Lipinski definition) is 4. The molecule has 0 aromatic heterocycles. The van der Waals surface area contributed by atoms with Crippen molar-refractivity contribution in [3.63, 3.8) is 0 Å². The minimum atomic E-state index is -3.68. The highest BCUT2D eigenvalue weighted by molar-refractivity contribution is 7.89. The van der Waals surface area contributed by atoms with E-state index in [0.717, 1.165) is 6.08 Å². The van der Waals surface area contributed by atoms with E-state index in [1.807, 2.05) is 6.07 Å². The van der Waals surface area contributed by atoms with Gasteiger partial charge in [0.25, 0.3) is 0 Å². The maximum atomic E-state index is 12.1. The Morgan fingerprint density at radius 3 is 2.52 bits per heavy atom. The first-order valence-electron chi connectivity index (χ1n) is 6.29. The van der Waals surface area contributed by atoms with Crippen LogP contribution in [0.25, 0.3) is 6.08 Å². The van der Waals surface area contributed by atoms with Gasteiger partial charge in [-0.15, -0.1) is 0 Å². The van der Waals surface area contributed by atoms with Gasteiger partial charge in [0, 0.05) is 12.1 Å². The summed E-state index contributed by atoms with van der Waals surface area (Å²) in [5.74, 6) is -1.07. The fraction of sp³-hybridized carbons (Fsp3) is 0.286. The van der Waals surface area contributed by atoms with Crippen molar-refractivity contribution in [2.75, 3.05) is 0 Å². The lowest BCUT2D eigenvalue weighted by Crippen LogP contribution is -2.34. The van der Waals surface area contributed by atoms with E-state index in [0.29, 0.717) is 12.0 Å². The van der Waals surface area contributed by atoms with Crippen LogP contribution in [0.5, 0.6) is 0 Å². The summed E-state index contributed by atoms with van der Waals surface area (Å²) in [6.45, 7) is 1.80. The second kappa shape index (κ2) is 7.57.